The van der Waals surface area contributed by atoms with E-state index in [1.165, 1.54) is 6.07 Å². The third kappa shape index (κ3) is 3.72. The van der Waals surface area contributed by atoms with Gasteiger partial charge >= 0.3 is 0 Å². The molecule has 0 atom stereocenters. The van der Waals surface area contributed by atoms with E-state index in [-0.39, 0.29) is 17.2 Å². The molecule has 1 aromatic carbocycles. The lowest BCUT2D eigenvalue weighted by Crippen LogP contribution is -2.26. The van der Waals surface area contributed by atoms with Gasteiger partial charge in [0.05, 0.1) is 12.2 Å². The van der Waals surface area contributed by atoms with Crippen molar-refractivity contribution in [1.82, 2.24) is 15.3 Å². The Bertz CT molecular complexity index is 710. The van der Waals surface area contributed by atoms with Gasteiger partial charge in [0.2, 0.25) is 0 Å². The van der Waals surface area contributed by atoms with Gasteiger partial charge in [-0.15, -0.1) is 0 Å². The lowest BCUT2D eigenvalue weighted by atomic mass is 10.2. The minimum absolute atomic E-state index is 0.0888. The van der Waals surface area contributed by atoms with Crippen molar-refractivity contribution >= 4 is 5.91 Å². The van der Waals surface area contributed by atoms with E-state index >= 15 is 0 Å². The van der Waals surface area contributed by atoms with Gasteiger partial charge in [-0.05, 0) is 25.5 Å². The first-order chi connectivity index (χ1) is 10.7. The molecule has 0 spiro atoms. The number of rotatable bonds is 6. The van der Waals surface area contributed by atoms with Crippen LogP contribution >= 0.6 is 0 Å². The number of aromatic nitrogens is 2. The van der Waals surface area contributed by atoms with E-state index in [2.05, 4.69) is 15.3 Å². The number of aromatic amines is 1. The van der Waals surface area contributed by atoms with Gasteiger partial charge < -0.3 is 15.0 Å². The first-order valence-corrected chi connectivity index (χ1v) is 7.27. The lowest BCUT2D eigenvalue weighted by molar-refractivity contribution is 0.0950. The Kier molecular flexibility index (Phi) is 5.30. The van der Waals surface area contributed by atoms with Gasteiger partial charge in [0.15, 0.2) is 0 Å². The Morgan fingerprint density at radius 1 is 1.32 bits per heavy atom. The summed E-state index contributed by atoms with van der Waals surface area (Å²) >= 11 is 0. The van der Waals surface area contributed by atoms with Crippen LogP contribution in [0.15, 0.2) is 35.1 Å². The van der Waals surface area contributed by atoms with Crippen molar-refractivity contribution < 1.29 is 9.53 Å². The monoisotopic (exact) mass is 301 g/mol. The molecule has 0 unspecified atom stereocenters. The molecule has 6 heteroatoms. The molecule has 0 radical (unpaired) electrons. The molecular weight excluding hydrogens is 282 g/mol. The van der Waals surface area contributed by atoms with Crippen molar-refractivity contribution in [3.63, 3.8) is 0 Å². The molecule has 0 aliphatic carbocycles. The molecule has 0 saturated carbocycles. The molecule has 6 nitrogen and oxygen atoms in total. The smallest absolute Gasteiger partial charge is 0.270 e. The number of benzene rings is 1. The molecule has 1 amide bonds. The molecule has 2 N–H and O–H groups in total. The Labute approximate surface area is 128 Å². The molecule has 0 aliphatic rings. The van der Waals surface area contributed by atoms with Gasteiger partial charge in [-0.3, -0.25) is 9.59 Å². The standard InChI is InChI=1S/C16H19N3O3/c1-3-9-22-13-8-6-5-7-11(13)15-18-12(10-14(20)19-15)16(21)17-4-2/h5-8,10H,3-4,9H2,1-2H3,(H,17,21)(H,18,19,20). The van der Waals surface area contributed by atoms with Crippen molar-refractivity contribution in [2.45, 2.75) is 20.3 Å². The van der Waals surface area contributed by atoms with E-state index in [0.717, 1.165) is 6.42 Å². The number of amides is 1. The van der Waals surface area contributed by atoms with Crippen LogP contribution in [-0.2, 0) is 0 Å². The van der Waals surface area contributed by atoms with Gasteiger partial charge in [-0.2, -0.15) is 0 Å². The minimum atomic E-state index is -0.378. The molecule has 0 bridgehead atoms. The summed E-state index contributed by atoms with van der Waals surface area (Å²) in [6, 6.07) is 8.46. The summed E-state index contributed by atoms with van der Waals surface area (Å²) < 4.78 is 5.67. The van der Waals surface area contributed by atoms with E-state index in [9.17, 15) is 9.59 Å². The second kappa shape index (κ2) is 7.40. The molecular formula is C16H19N3O3. The van der Waals surface area contributed by atoms with Crippen LogP contribution in [0.5, 0.6) is 5.75 Å². The molecule has 0 aliphatic heterocycles. The van der Waals surface area contributed by atoms with E-state index in [0.29, 0.717) is 30.3 Å². The third-order valence-corrected chi connectivity index (χ3v) is 2.92. The first-order valence-electron chi connectivity index (χ1n) is 7.27. The zero-order valence-corrected chi connectivity index (χ0v) is 12.7. The summed E-state index contributed by atoms with van der Waals surface area (Å²) in [6.07, 6.45) is 0.872. The average molecular weight is 301 g/mol. The van der Waals surface area contributed by atoms with Crippen LogP contribution < -0.4 is 15.6 Å². The van der Waals surface area contributed by atoms with E-state index in [1.54, 1.807) is 13.0 Å². The SMILES string of the molecule is CCCOc1ccccc1-c1nc(C(=O)NCC)cc(=O)[nH]1. The molecule has 1 heterocycles. The fraction of sp³-hybridized carbons (Fsp3) is 0.312. The van der Waals surface area contributed by atoms with Crippen LogP contribution in [0.4, 0.5) is 0 Å². The van der Waals surface area contributed by atoms with Gasteiger partial charge in [0.25, 0.3) is 11.5 Å². The summed E-state index contributed by atoms with van der Waals surface area (Å²) in [5, 5.41) is 2.63. The van der Waals surface area contributed by atoms with Crippen molar-refractivity contribution in [3.05, 3.63) is 46.4 Å². The number of nitrogens with zero attached hydrogens (tertiary/aromatic N) is 1. The van der Waals surface area contributed by atoms with Gasteiger partial charge in [0, 0.05) is 12.6 Å². The highest BCUT2D eigenvalue weighted by molar-refractivity contribution is 5.92. The zero-order chi connectivity index (χ0) is 15.9. The highest BCUT2D eigenvalue weighted by Crippen LogP contribution is 2.26. The maximum atomic E-state index is 11.9. The number of hydrogen-bond acceptors (Lipinski definition) is 4. The number of H-pyrrole nitrogens is 1. The van der Waals surface area contributed by atoms with Crippen molar-refractivity contribution in [1.29, 1.82) is 0 Å². The normalized spacial score (nSPS) is 10.3. The number of ether oxygens (including phenoxy) is 1. The summed E-state index contributed by atoms with van der Waals surface area (Å²) in [5.74, 6) is 0.572. The lowest BCUT2D eigenvalue weighted by Gasteiger charge is -2.10. The Morgan fingerprint density at radius 3 is 2.82 bits per heavy atom. The van der Waals surface area contributed by atoms with Crippen LogP contribution in [-0.4, -0.2) is 29.0 Å². The maximum Gasteiger partial charge on any atom is 0.270 e. The second-order valence-electron chi connectivity index (χ2n) is 4.68. The molecule has 116 valence electrons. The number of carbonyl (C=O) groups excluding carboxylic acids is 1. The maximum absolute atomic E-state index is 11.9. The number of para-hydroxylation sites is 1. The molecule has 0 fully saturated rings. The predicted molar refractivity (Wildman–Crippen MR) is 84.1 cm³/mol. The molecule has 1 aromatic heterocycles. The van der Waals surface area contributed by atoms with Crippen molar-refractivity contribution in [2.75, 3.05) is 13.2 Å². The quantitative estimate of drug-likeness (QED) is 0.854. The molecule has 0 saturated heterocycles. The van der Waals surface area contributed by atoms with Crippen LogP contribution in [0.25, 0.3) is 11.4 Å². The largest absolute Gasteiger partial charge is 0.493 e. The highest BCUT2D eigenvalue weighted by atomic mass is 16.5. The van der Waals surface area contributed by atoms with Gasteiger partial charge in [-0.1, -0.05) is 19.1 Å². The summed E-state index contributed by atoms with van der Waals surface area (Å²) in [4.78, 5) is 30.6. The molecule has 2 rings (SSSR count). The zero-order valence-electron chi connectivity index (χ0n) is 12.7. The van der Waals surface area contributed by atoms with Crippen LogP contribution in [0.1, 0.15) is 30.8 Å². The Morgan fingerprint density at radius 2 is 2.09 bits per heavy atom. The van der Waals surface area contributed by atoms with E-state index < -0.39 is 0 Å². The van der Waals surface area contributed by atoms with E-state index in [1.807, 2.05) is 25.1 Å². The Hall–Kier alpha value is -2.63. The summed E-state index contributed by atoms with van der Waals surface area (Å²) in [7, 11) is 0. The van der Waals surface area contributed by atoms with E-state index in [4.69, 9.17) is 4.74 Å². The number of nitrogens with one attached hydrogen (secondary N) is 2. The number of hydrogen-bond donors (Lipinski definition) is 2. The van der Waals surface area contributed by atoms with Crippen molar-refractivity contribution in [2.24, 2.45) is 0 Å². The predicted octanol–water partition coefficient (Wildman–Crippen LogP) is 1.98. The minimum Gasteiger partial charge on any atom is -0.493 e. The van der Waals surface area contributed by atoms with Gasteiger partial charge in [0.1, 0.15) is 17.3 Å². The number of carbonyl (C=O) groups is 1. The summed E-state index contributed by atoms with van der Waals surface area (Å²) in [5.41, 5.74) is 0.363. The van der Waals surface area contributed by atoms with Crippen LogP contribution in [0.3, 0.4) is 0 Å². The van der Waals surface area contributed by atoms with Crippen LogP contribution in [0.2, 0.25) is 0 Å². The summed E-state index contributed by atoms with van der Waals surface area (Å²) in [6.45, 7) is 4.86. The topological polar surface area (TPSA) is 84.1 Å². The fourth-order valence-electron chi connectivity index (χ4n) is 1.95. The van der Waals surface area contributed by atoms with Crippen molar-refractivity contribution in [3.8, 4) is 17.1 Å². The molecule has 2 aromatic rings. The highest BCUT2D eigenvalue weighted by Gasteiger charge is 2.13. The average Bonchev–Trinajstić information content (AvgIpc) is 2.53. The fourth-order valence-corrected chi connectivity index (χ4v) is 1.95. The Balaban J connectivity index is 2.45. The van der Waals surface area contributed by atoms with Gasteiger partial charge in [-0.25, -0.2) is 4.98 Å². The van der Waals surface area contributed by atoms with Crippen LogP contribution in [0, 0.1) is 0 Å². The molecule has 22 heavy (non-hydrogen) atoms. The first kappa shape index (κ1) is 15.8. The third-order valence-electron chi connectivity index (χ3n) is 2.92. The second-order valence-corrected chi connectivity index (χ2v) is 4.68.